The molecule has 2 aliphatic heterocycles. The average molecular weight is 332 g/mol. The second-order valence-corrected chi connectivity index (χ2v) is 7.28. The lowest BCUT2D eigenvalue weighted by molar-refractivity contribution is 0.00578. The van der Waals surface area contributed by atoms with Crippen LogP contribution in [-0.2, 0) is 15.7 Å². The van der Waals surface area contributed by atoms with E-state index in [2.05, 4.69) is 11.2 Å². The van der Waals surface area contributed by atoms with E-state index in [-0.39, 0.29) is 12.5 Å². The van der Waals surface area contributed by atoms with Crippen LogP contribution in [0.15, 0.2) is 6.20 Å². The summed E-state index contributed by atoms with van der Waals surface area (Å²) in [6, 6.07) is 2.09. The van der Waals surface area contributed by atoms with Crippen molar-refractivity contribution in [2.75, 3.05) is 13.1 Å². The molecular formula is C15H21BN4O4. The average Bonchev–Trinajstić information content (AvgIpc) is 2.87. The summed E-state index contributed by atoms with van der Waals surface area (Å²) < 4.78 is 13.8. The maximum Gasteiger partial charge on any atom is 0.498 e. The third-order valence-corrected chi connectivity index (χ3v) is 5.10. The highest BCUT2D eigenvalue weighted by atomic mass is 16.7. The van der Waals surface area contributed by atoms with Crippen molar-refractivity contribution in [1.29, 1.82) is 5.26 Å². The molecule has 0 aliphatic carbocycles. The van der Waals surface area contributed by atoms with Crippen LogP contribution in [0, 0.1) is 11.3 Å². The van der Waals surface area contributed by atoms with Gasteiger partial charge in [0.25, 0.3) is 0 Å². The van der Waals surface area contributed by atoms with Gasteiger partial charge in [-0.15, -0.1) is 0 Å². The van der Waals surface area contributed by atoms with Crippen molar-refractivity contribution in [1.82, 2.24) is 14.7 Å². The van der Waals surface area contributed by atoms with E-state index in [0.717, 1.165) is 5.46 Å². The van der Waals surface area contributed by atoms with Crippen molar-refractivity contribution in [3.8, 4) is 6.07 Å². The topological polar surface area (TPSA) is 101 Å². The fourth-order valence-electron chi connectivity index (χ4n) is 2.79. The second-order valence-electron chi connectivity index (χ2n) is 7.28. The highest BCUT2D eigenvalue weighted by Gasteiger charge is 2.53. The number of hydrogen-bond acceptors (Lipinski definition) is 5. The first-order chi connectivity index (χ1) is 11.1. The molecule has 2 saturated heterocycles. The Hall–Kier alpha value is -2.05. The molecule has 3 heterocycles. The third kappa shape index (κ3) is 2.66. The zero-order valence-electron chi connectivity index (χ0n) is 14.3. The Kier molecular flexibility index (Phi) is 3.85. The second kappa shape index (κ2) is 5.50. The Morgan fingerprint density at radius 2 is 2.00 bits per heavy atom. The summed E-state index contributed by atoms with van der Waals surface area (Å²) in [4.78, 5) is 12.2. The van der Waals surface area contributed by atoms with Crippen LogP contribution in [0.1, 0.15) is 39.4 Å². The van der Waals surface area contributed by atoms with Gasteiger partial charge < -0.3 is 19.3 Å². The van der Waals surface area contributed by atoms with Crippen LogP contribution in [0.2, 0.25) is 0 Å². The number of carbonyl (C=O) groups is 1. The van der Waals surface area contributed by atoms with Crippen LogP contribution >= 0.6 is 0 Å². The minimum absolute atomic E-state index is 0.0188. The molecule has 0 unspecified atom stereocenters. The highest BCUT2D eigenvalue weighted by molar-refractivity contribution is 6.62. The van der Waals surface area contributed by atoms with Crippen molar-refractivity contribution in [2.24, 2.45) is 0 Å². The van der Waals surface area contributed by atoms with Gasteiger partial charge in [0, 0.05) is 24.7 Å². The molecule has 3 rings (SSSR count). The van der Waals surface area contributed by atoms with Crippen LogP contribution in [0.4, 0.5) is 4.79 Å². The summed E-state index contributed by atoms with van der Waals surface area (Å²) >= 11 is 0. The number of nitrogens with zero attached hydrogens (tertiary/aromatic N) is 4. The predicted octanol–water partition coefficient (Wildman–Crippen LogP) is 0.783. The van der Waals surface area contributed by atoms with Crippen molar-refractivity contribution in [3.05, 3.63) is 11.9 Å². The minimum Gasteiger partial charge on any atom is -0.465 e. The Morgan fingerprint density at radius 1 is 1.42 bits per heavy atom. The van der Waals surface area contributed by atoms with E-state index in [1.165, 1.54) is 4.90 Å². The van der Waals surface area contributed by atoms with E-state index in [1.807, 2.05) is 33.9 Å². The number of rotatable bonds is 3. The first-order valence-corrected chi connectivity index (χ1v) is 7.93. The first kappa shape index (κ1) is 16.8. The summed E-state index contributed by atoms with van der Waals surface area (Å²) in [6.45, 7) is 8.67. The van der Waals surface area contributed by atoms with Gasteiger partial charge >= 0.3 is 13.2 Å². The molecular weight excluding hydrogens is 311 g/mol. The molecule has 2 aliphatic rings. The molecule has 0 aromatic carbocycles. The lowest BCUT2D eigenvalue weighted by Crippen LogP contribution is -2.50. The zero-order valence-corrected chi connectivity index (χ0v) is 14.3. The molecule has 0 radical (unpaired) electrons. The first-order valence-electron chi connectivity index (χ1n) is 7.93. The molecule has 9 heteroatoms. The smallest absolute Gasteiger partial charge is 0.465 e. The zero-order chi connectivity index (χ0) is 17.7. The maximum absolute atomic E-state index is 10.9. The molecule has 128 valence electrons. The van der Waals surface area contributed by atoms with Crippen LogP contribution in [0.3, 0.4) is 0 Å². The van der Waals surface area contributed by atoms with E-state index < -0.39 is 24.4 Å². The normalized spacial score (nSPS) is 22.3. The number of amides is 1. The van der Waals surface area contributed by atoms with E-state index in [1.54, 1.807) is 4.68 Å². The Bertz CT molecular complexity index is 687. The molecule has 24 heavy (non-hydrogen) atoms. The quantitative estimate of drug-likeness (QED) is 0.821. The number of likely N-dealkylation sites (tertiary alicyclic amines) is 1. The summed E-state index contributed by atoms with van der Waals surface area (Å²) in [5.41, 5.74) is 0.411. The number of hydrogen-bond donors (Lipinski definition) is 1. The van der Waals surface area contributed by atoms with E-state index in [9.17, 15) is 4.79 Å². The van der Waals surface area contributed by atoms with Crippen molar-refractivity contribution >= 4 is 18.7 Å². The molecule has 8 nitrogen and oxygen atoms in total. The lowest BCUT2D eigenvalue weighted by Gasteiger charge is -2.36. The minimum atomic E-state index is -0.929. The Balaban J connectivity index is 1.84. The molecule has 1 aromatic heterocycles. The van der Waals surface area contributed by atoms with Gasteiger partial charge in [0.05, 0.1) is 35.4 Å². The standard InChI is InChI=1S/C15H21BN4O4/c1-14(2)15(3,4)24-16(23-14)11-9-20(18-12(11)5-6-17)10-7-19(8-10)13(21)22/h9-10H,5,7-8H2,1-4H3,(H,21,22). The fraction of sp³-hybridized carbons (Fsp3) is 0.667. The fourth-order valence-corrected chi connectivity index (χ4v) is 2.79. The van der Waals surface area contributed by atoms with E-state index in [4.69, 9.17) is 19.7 Å². The van der Waals surface area contributed by atoms with Gasteiger partial charge in [-0.05, 0) is 27.7 Å². The molecule has 0 spiro atoms. The van der Waals surface area contributed by atoms with Gasteiger partial charge in [0.15, 0.2) is 0 Å². The van der Waals surface area contributed by atoms with Crippen molar-refractivity contribution in [3.63, 3.8) is 0 Å². The van der Waals surface area contributed by atoms with Gasteiger partial charge in [-0.3, -0.25) is 4.68 Å². The molecule has 0 saturated carbocycles. The molecule has 1 amide bonds. The number of nitriles is 1. The molecule has 1 aromatic rings. The van der Waals surface area contributed by atoms with Crippen LogP contribution < -0.4 is 5.46 Å². The van der Waals surface area contributed by atoms with Crippen molar-refractivity contribution in [2.45, 2.75) is 51.4 Å². The summed E-state index contributed by atoms with van der Waals surface area (Å²) in [5.74, 6) is 0. The maximum atomic E-state index is 10.9. The van der Waals surface area contributed by atoms with Gasteiger partial charge in [0.2, 0.25) is 0 Å². The SMILES string of the molecule is CC1(C)OB(c2cn(C3CN(C(=O)O)C3)nc2CC#N)OC1(C)C. The van der Waals surface area contributed by atoms with E-state index in [0.29, 0.717) is 18.8 Å². The largest absolute Gasteiger partial charge is 0.498 e. The van der Waals surface area contributed by atoms with Gasteiger partial charge in [-0.2, -0.15) is 10.4 Å². The summed E-state index contributed by atoms with van der Waals surface area (Å²) in [6.07, 6.45) is 1.04. The molecule has 2 fully saturated rings. The molecule has 0 bridgehead atoms. The Morgan fingerprint density at radius 3 is 2.50 bits per heavy atom. The predicted molar refractivity (Wildman–Crippen MR) is 85.9 cm³/mol. The van der Waals surface area contributed by atoms with Crippen molar-refractivity contribution < 1.29 is 19.2 Å². The number of carboxylic acid groups (broad SMARTS) is 1. The van der Waals surface area contributed by atoms with Gasteiger partial charge in [-0.25, -0.2) is 4.79 Å². The van der Waals surface area contributed by atoms with Gasteiger partial charge in [0.1, 0.15) is 0 Å². The van der Waals surface area contributed by atoms with Crippen LogP contribution in [0.5, 0.6) is 0 Å². The highest BCUT2D eigenvalue weighted by Crippen LogP contribution is 2.36. The Labute approximate surface area is 141 Å². The van der Waals surface area contributed by atoms with Crippen LogP contribution in [0.25, 0.3) is 0 Å². The third-order valence-electron chi connectivity index (χ3n) is 5.10. The monoisotopic (exact) mass is 332 g/mol. The number of aromatic nitrogens is 2. The summed E-state index contributed by atoms with van der Waals surface area (Å²) in [5, 5.41) is 22.5. The molecule has 0 atom stereocenters. The summed E-state index contributed by atoms with van der Waals surface area (Å²) in [7, 11) is -0.581. The lowest BCUT2D eigenvalue weighted by atomic mass is 9.79. The molecule has 1 N–H and O–H groups in total. The van der Waals surface area contributed by atoms with Gasteiger partial charge in [-0.1, -0.05) is 0 Å². The van der Waals surface area contributed by atoms with E-state index >= 15 is 0 Å². The van der Waals surface area contributed by atoms with Crippen LogP contribution in [-0.4, -0.2) is 57.3 Å².